The van der Waals surface area contributed by atoms with Crippen LogP contribution in [0, 0.1) is 17.3 Å². The summed E-state index contributed by atoms with van der Waals surface area (Å²) < 4.78 is 0. The van der Waals surface area contributed by atoms with Gasteiger partial charge in [0.2, 0.25) is 5.91 Å². The van der Waals surface area contributed by atoms with Crippen LogP contribution in [0.25, 0.3) is 0 Å². The van der Waals surface area contributed by atoms with Crippen LogP contribution in [0.3, 0.4) is 0 Å². The molecule has 1 aliphatic carbocycles. The normalized spacial score (nSPS) is 34.8. The first-order chi connectivity index (χ1) is 9.84. The van der Waals surface area contributed by atoms with Crippen LogP contribution in [-0.2, 0) is 4.79 Å². The fraction of sp³-hybridized carbons (Fsp3) is 0.944. The van der Waals surface area contributed by atoms with Gasteiger partial charge in [0, 0.05) is 24.5 Å². The lowest BCUT2D eigenvalue weighted by Crippen LogP contribution is -2.54. The summed E-state index contributed by atoms with van der Waals surface area (Å²) in [6.45, 7) is 9.80. The van der Waals surface area contributed by atoms with E-state index in [-0.39, 0.29) is 12.0 Å². The number of nitrogens with two attached hydrogens (primary N) is 1. The highest BCUT2D eigenvalue weighted by Crippen LogP contribution is 2.41. The molecule has 2 fully saturated rings. The van der Waals surface area contributed by atoms with Crippen molar-refractivity contribution >= 4 is 5.91 Å². The molecule has 1 saturated carbocycles. The summed E-state index contributed by atoms with van der Waals surface area (Å²) in [6.07, 6.45) is 7.99. The van der Waals surface area contributed by atoms with Gasteiger partial charge in [0.1, 0.15) is 0 Å². The Hall–Kier alpha value is -0.570. The molecule has 0 bridgehead atoms. The van der Waals surface area contributed by atoms with Crippen LogP contribution >= 0.6 is 0 Å². The van der Waals surface area contributed by atoms with Crippen molar-refractivity contribution in [1.29, 1.82) is 0 Å². The average Bonchev–Trinajstić information content (AvgIpc) is 2.45. The fourth-order valence-corrected chi connectivity index (χ4v) is 4.33. The van der Waals surface area contributed by atoms with Crippen molar-refractivity contribution in [2.24, 2.45) is 23.0 Å². The van der Waals surface area contributed by atoms with Crippen molar-refractivity contribution in [3.8, 4) is 0 Å². The standard InChI is InChI=1S/C18H34N2O/c1-13-6-5-7-16(12-19)20(13)17(21)14-8-10-15(11-9-14)18(2,3)4/h13-16H,5-12,19H2,1-4H3. The van der Waals surface area contributed by atoms with Gasteiger partial charge in [0.05, 0.1) is 0 Å². The Morgan fingerprint density at radius 3 is 2.24 bits per heavy atom. The van der Waals surface area contributed by atoms with E-state index >= 15 is 0 Å². The van der Waals surface area contributed by atoms with E-state index in [0.717, 1.165) is 31.6 Å². The Balaban J connectivity index is 1.97. The van der Waals surface area contributed by atoms with Crippen molar-refractivity contribution in [3.63, 3.8) is 0 Å². The van der Waals surface area contributed by atoms with E-state index in [4.69, 9.17) is 5.73 Å². The molecule has 21 heavy (non-hydrogen) atoms. The zero-order valence-electron chi connectivity index (χ0n) is 14.4. The molecule has 0 spiro atoms. The summed E-state index contributed by atoms with van der Waals surface area (Å²) in [5, 5.41) is 0. The van der Waals surface area contributed by atoms with Crippen LogP contribution in [-0.4, -0.2) is 29.4 Å². The topological polar surface area (TPSA) is 46.3 Å². The van der Waals surface area contributed by atoms with Crippen molar-refractivity contribution < 1.29 is 4.79 Å². The van der Waals surface area contributed by atoms with E-state index < -0.39 is 0 Å². The number of piperidine rings is 1. The van der Waals surface area contributed by atoms with E-state index in [1.807, 2.05) is 0 Å². The lowest BCUT2D eigenvalue weighted by molar-refractivity contribution is -0.143. The number of nitrogens with zero attached hydrogens (tertiary/aromatic N) is 1. The van der Waals surface area contributed by atoms with Crippen molar-refractivity contribution in [2.45, 2.75) is 84.7 Å². The molecule has 2 N–H and O–H groups in total. The molecule has 1 saturated heterocycles. The monoisotopic (exact) mass is 294 g/mol. The minimum absolute atomic E-state index is 0.248. The molecule has 0 aromatic rings. The molecule has 0 aromatic heterocycles. The van der Waals surface area contributed by atoms with Gasteiger partial charge in [-0.1, -0.05) is 20.8 Å². The van der Waals surface area contributed by atoms with E-state index in [9.17, 15) is 4.79 Å². The minimum atomic E-state index is 0.248. The number of carbonyl (C=O) groups excluding carboxylic acids is 1. The van der Waals surface area contributed by atoms with Gasteiger partial charge in [-0.2, -0.15) is 0 Å². The molecule has 2 unspecified atom stereocenters. The van der Waals surface area contributed by atoms with Gasteiger partial charge in [-0.25, -0.2) is 0 Å². The second-order valence-corrected chi connectivity index (χ2v) is 8.33. The molecule has 0 radical (unpaired) electrons. The van der Waals surface area contributed by atoms with Crippen LogP contribution in [0.2, 0.25) is 0 Å². The number of carbonyl (C=O) groups is 1. The smallest absolute Gasteiger partial charge is 0.226 e. The highest BCUT2D eigenvalue weighted by Gasteiger charge is 2.38. The third kappa shape index (κ3) is 3.80. The summed E-state index contributed by atoms with van der Waals surface area (Å²) in [5.74, 6) is 1.41. The average molecular weight is 294 g/mol. The molecular formula is C18H34N2O. The summed E-state index contributed by atoms with van der Waals surface area (Å²) in [4.78, 5) is 15.1. The predicted molar refractivity (Wildman–Crippen MR) is 87.9 cm³/mol. The molecule has 1 aliphatic heterocycles. The number of likely N-dealkylation sites (tertiary alicyclic amines) is 1. The van der Waals surface area contributed by atoms with Gasteiger partial charge in [0.25, 0.3) is 0 Å². The molecule has 122 valence electrons. The maximum Gasteiger partial charge on any atom is 0.226 e. The quantitative estimate of drug-likeness (QED) is 0.846. The SMILES string of the molecule is CC1CCCC(CN)N1C(=O)C1CCC(C(C)(C)C)CC1. The Kier molecular flexibility index (Phi) is 5.34. The van der Waals surface area contributed by atoms with E-state index in [2.05, 4.69) is 32.6 Å². The molecule has 2 aliphatic rings. The van der Waals surface area contributed by atoms with E-state index in [1.54, 1.807) is 0 Å². The largest absolute Gasteiger partial charge is 0.336 e. The first-order valence-corrected chi connectivity index (χ1v) is 8.86. The number of hydrogen-bond donors (Lipinski definition) is 1. The van der Waals surface area contributed by atoms with Gasteiger partial charge < -0.3 is 10.6 Å². The lowest BCUT2D eigenvalue weighted by atomic mass is 9.69. The second-order valence-electron chi connectivity index (χ2n) is 8.33. The van der Waals surface area contributed by atoms with Crippen LogP contribution in [0.4, 0.5) is 0 Å². The Morgan fingerprint density at radius 1 is 1.10 bits per heavy atom. The number of hydrogen-bond acceptors (Lipinski definition) is 2. The molecule has 1 amide bonds. The number of rotatable bonds is 2. The van der Waals surface area contributed by atoms with Crippen LogP contribution in [0.1, 0.15) is 72.6 Å². The third-order valence-electron chi connectivity index (χ3n) is 5.86. The van der Waals surface area contributed by atoms with Crippen LogP contribution in [0.15, 0.2) is 0 Å². The summed E-state index contributed by atoms with van der Waals surface area (Å²) in [6, 6.07) is 0.654. The molecule has 2 atom stereocenters. The van der Waals surface area contributed by atoms with Crippen molar-refractivity contribution in [1.82, 2.24) is 4.90 Å². The van der Waals surface area contributed by atoms with Gasteiger partial charge in [-0.15, -0.1) is 0 Å². The molecule has 2 rings (SSSR count). The first kappa shape index (κ1) is 16.8. The Labute approximate surface area is 130 Å². The Morgan fingerprint density at radius 2 is 1.71 bits per heavy atom. The third-order valence-corrected chi connectivity index (χ3v) is 5.86. The summed E-state index contributed by atoms with van der Waals surface area (Å²) in [5.41, 5.74) is 6.29. The lowest BCUT2D eigenvalue weighted by Gasteiger charge is -2.44. The molecule has 1 heterocycles. The molecule has 0 aromatic carbocycles. The molecule has 3 nitrogen and oxygen atoms in total. The minimum Gasteiger partial charge on any atom is -0.336 e. The fourth-order valence-electron chi connectivity index (χ4n) is 4.33. The van der Waals surface area contributed by atoms with Crippen molar-refractivity contribution in [2.75, 3.05) is 6.54 Å². The van der Waals surface area contributed by atoms with Crippen LogP contribution < -0.4 is 5.73 Å². The Bertz CT molecular complexity index is 353. The number of amides is 1. The van der Waals surface area contributed by atoms with Gasteiger partial charge >= 0.3 is 0 Å². The predicted octanol–water partition coefficient (Wildman–Crippen LogP) is 3.57. The highest BCUT2D eigenvalue weighted by molar-refractivity contribution is 5.79. The van der Waals surface area contributed by atoms with E-state index in [1.165, 1.54) is 19.3 Å². The zero-order chi connectivity index (χ0) is 15.6. The first-order valence-electron chi connectivity index (χ1n) is 8.86. The maximum atomic E-state index is 13.0. The second kappa shape index (κ2) is 6.68. The highest BCUT2D eigenvalue weighted by atomic mass is 16.2. The van der Waals surface area contributed by atoms with E-state index in [0.29, 0.717) is 23.9 Å². The van der Waals surface area contributed by atoms with Gasteiger partial charge in [-0.05, 0) is 63.2 Å². The summed E-state index contributed by atoms with van der Waals surface area (Å²) >= 11 is 0. The van der Waals surface area contributed by atoms with Gasteiger partial charge in [-0.3, -0.25) is 4.79 Å². The zero-order valence-corrected chi connectivity index (χ0v) is 14.4. The molecule has 3 heteroatoms. The maximum absolute atomic E-state index is 13.0. The van der Waals surface area contributed by atoms with Crippen molar-refractivity contribution in [3.05, 3.63) is 0 Å². The van der Waals surface area contributed by atoms with Gasteiger partial charge in [0.15, 0.2) is 0 Å². The van der Waals surface area contributed by atoms with Crippen LogP contribution in [0.5, 0.6) is 0 Å². The molecular weight excluding hydrogens is 260 g/mol. The summed E-state index contributed by atoms with van der Waals surface area (Å²) in [7, 11) is 0.